The average Bonchev–Trinajstić information content (AvgIpc) is 2.71. The van der Waals surface area contributed by atoms with Crippen LogP contribution in [-0.4, -0.2) is 17.6 Å². The number of carbonyl (C=O) groups excluding carboxylic acids is 1. The van der Waals surface area contributed by atoms with Gasteiger partial charge in [0.25, 0.3) is 0 Å². The van der Waals surface area contributed by atoms with Gasteiger partial charge in [-0.25, -0.2) is 4.79 Å². The Morgan fingerprint density at radius 1 is 1.24 bits per heavy atom. The van der Waals surface area contributed by atoms with Crippen molar-refractivity contribution in [1.29, 1.82) is 0 Å². The zero-order chi connectivity index (χ0) is 12.4. The molecule has 1 aromatic rings. The van der Waals surface area contributed by atoms with Gasteiger partial charge in [0.15, 0.2) is 0 Å². The van der Waals surface area contributed by atoms with Crippen LogP contribution in [0.5, 0.6) is 0 Å². The average molecular weight is 233 g/mol. The molecule has 3 heteroatoms. The Hall–Kier alpha value is -1.35. The maximum Gasteiger partial charge on any atom is 0.329 e. The third-order valence-corrected chi connectivity index (χ3v) is 3.41. The highest BCUT2D eigenvalue weighted by atomic mass is 16.7. The first-order valence-electron chi connectivity index (χ1n) is 6.13. The van der Waals surface area contributed by atoms with Gasteiger partial charge >= 0.3 is 5.97 Å². The molecule has 0 aliphatic carbocycles. The summed E-state index contributed by atoms with van der Waals surface area (Å²) in [6.45, 7) is 6.86. The molecule has 1 heterocycles. The smallest absolute Gasteiger partial charge is 0.329 e. The molecular formula is C14H19NO2. The second-order valence-electron chi connectivity index (χ2n) is 4.95. The van der Waals surface area contributed by atoms with E-state index < -0.39 is 0 Å². The van der Waals surface area contributed by atoms with E-state index in [1.807, 2.05) is 18.2 Å². The highest BCUT2D eigenvalue weighted by Gasteiger charge is 2.37. The van der Waals surface area contributed by atoms with Gasteiger partial charge in [-0.05, 0) is 18.4 Å². The maximum absolute atomic E-state index is 11.7. The van der Waals surface area contributed by atoms with Crippen LogP contribution in [0.2, 0.25) is 0 Å². The minimum absolute atomic E-state index is 0.00108. The Morgan fingerprint density at radius 3 is 2.41 bits per heavy atom. The number of benzene rings is 1. The van der Waals surface area contributed by atoms with Crippen molar-refractivity contribution in [1.82, 2.24) is 5.06 Å². The third-order valence-electron chi connectivity index (χ3n) is 3.41. The normalized spacial score (nSPS) is 22.8. The molecule has 1 fully saturated rings. The van der Waals surface area contributed by atoms with Crippen molar-refractivity contribution >= 4 is 5.97 Å². The Balaban J connectivity index is 2.08. The topological polar surface area (TPSA) is 29.5 Å². The Morgan fingerprint density at radius 2 is 1.88 bits per heavy atom. The highest BCUT2D eigenvalue weighted by Crippen LogP contribution is 2.29. The van der Waals surface area contributed by atoms with E-state index in [0.29, 0.717) is 12.5 Å². The van der Waals surface area contributed by atoms with Crippen LogP contribution in [-0.2, 0) is 9.63 Å². The molecule has 1 aromatic carbocycles. The minimum Gasteiger partial charge on any atom is -0.367 e. The van der Waals surface area contributed by atoms with Gasteiger partial charge in [0, 0.05) is 6.54 Å². The molecule has 92 valence electrons. The van der Waals surface area contributed by atoms with Crippen LogP contribution in [0.25, 0.3) is 0 Å². The van der Waals surface area contributed by atoms with Crippen LogP contribution >= 0.6 is 0 Å². The molecule has 2 rings (SSSR count). The molecule has 3 nitrogen and oxygen atoms in total. The van der Waals surface area contributed by atoms with Gasteiger partial charge in [-0.15, -0.1) is 5.06 Å². The first-order valence-corrected chi connectivity index (χ1v) is 6.13. The predicted octanol–water partition coefficient (Wildman–Crippen LogP) is 2.79. The molecule has 17 heavy (non-hydrogen) atoms. The fourth-order valence-electron chi connectivity index (χ4n) is 2.11. The molecule has 0 spiro atoms. The van der Waals surface area contributed by atoms with Crippen molar-refractivity contribution < 1.29 is 9.63 Å². The van der Waals surface area contributed by atoms with Gasteiger partial charge in [0.1, 0.15) is 0 Å². The first kappa shape index (κ1) is 12.1. The Kier molecular flexibility index (Phi) is 3.48. The summed E-state index contributed by atoms with van der Waals surface area (Å²) in [6.07, 6.45) is 0. The van der Waals surface area contributed by atoms with Gasteiger partial charge in [-0.3, -0.25) is 0 Å². The van der Waals surface area contributed by atoms with Crippen molar-refractivity contribution in [2.75, 3.05) is 6.54 Å². The van der Waals surface area contributed by atoms with E-state index in [1.54, 1.807) is 5.06 Å². The summed E-state index contributed by atoms with van der Waals surface area (Å²) in [4.78, 5) is 17.0. The molecule has 0 unspecified atom stereocenters. The van der Waals surface area contributed by atoms with Crippen LogP contribution in [0.4, 0.5) is 0 Å². The summed E-state index contributed by atoms with van der Waals surface area (Å²) < 4.78 is 0. The van der Waals surface area contributed by atoms with Crippen molar-refractivity contribution in [3.8, 4) is 0 Å². The molecular weight excluding hydrogens is 214 g/mol. The maximum atomic E-state index is 11.7. The predicted molar refractivity (Wildman–Crippen MR) is 66.0 cm³/mol. The van der Waals surface area contributed by atoms with Crippen LogP contribution in [0.15, 0.2) is 30.3 Å². The van der Waals surface area contributed by atoms with E-state index in [2.05, 4.69) is 32.9 Å². The van der Waals surface area contributed by atoms with E-state index >= 15 is 0 Å². The van der Waals surface area contributed by atoms with Crippen LogP contribution in [0.3, 0.4) is 0 Å². The number of nitrogens with zero attached hydrogens (tertiary/aromatic N) is 1. The van der Waals surface area contributed by atoms with Gasteiger partial charge in [-0.1, -0.05) is 44.2 Å². The zero-order valence-electron chi connectivity index (χ0n) is 10.6. The van der Waals surface area contributed by atoms with E-state index in [0.717, 1.165) is 0 Å². The number of hydrogen-bond acceptors (Lipinski definition) is 3. The monoisotopic (exact) mass is 233 g/mol. The van der Waals surface area contributed by atoms with Crippen LogP contribution in [0, 0.1) is 11.8 Å². The van der Waals surface area contributed by atoms with Crippen LogP contribution < -0.4 is 0 Å². The molecule has 1 aliphatic heterocycles. The first-order chi connectivity index (χ1) is 8.09. The van der Waals surface area contributed by atoms with Crippen molar-refractivity contribution in [2.24, 2.45) is 11.8 Å². The van der Waals surface area contributed by atoms with Crippen molar-refractivity contribution in [3.05, 3.63) is 35.9 Å². The Bertz CT molecular complexity index is 388. The van der Waals surface area contributed by atoms with Gasteiger partial charge in [0.2, 0.25) is 0 Å². The third kappa shape index (κ3) is 2.50. The van der Waals surface area contributed by atoms with Crippen molar-refractivity contribution in [2.45, 2.75) is 26.8 Å². The molecule has 0 amide bonds. The number of hydroxylamine groups is 2. The van der Waals surface area contributed by atoms with Gasteiger partial charge < -0.3 is 4.84 Å². The molecule has 0 N–H and O–H groups in total. The number of rotatable bonds is 3. The van der Waals surface area contributed by atoms with E-state index in [-0.39, 0.29) is 17.9 Å². The van der Waals surface area contributed by atoms with E-state index in [9.17, 15) is 4.79 Å². The van der Waals surface area contributed by atoms with Crippen LogP contribution in [0.1, 0.15) is 32.4 Å². The summed E-state index contributed by atoms with van der Waals surface area (Å²) in [5, 5.41) is 1.79. The molecule has 0 radical (unpaired) electrons. The quantitative estimate of drug-likeness (QED) is 0.804. The standard InChI is InChI=1S/C14H19NO2/c1-10(2)13-9-15(17-14(13)16)11(3)12-7-5-4-6-8-12/h4-8,10-11,13H,9H2,1-3H3/t11-,13-/m0/s1. The van der Waals surface area contributed by atoms with Gasteiger partial charge in [0.05, 0.1) is 12.0 Å². The Labute approximate surface area is 102 Å². The second kappa shape index (κ2) is 4.88. The summed E-state index contributed by atoms with van der Waals surface area (Å²) in [5.41, 5.74) is 1.17. The molecule has 0 saturated carbocycles. The van der Waals surface area contributed by atoms with Crippen molar-refractivity contribution in [3.63, 3.8) is 0 Å². The summed E-state index contributed by atoms with van der Waals surface area (Å²) in [7, 11) is 0. The largest absolute Gasteiger partial charge is 0.367 e. The fourth-order valence-corrected chi connectivity index (χ4v) is 2.11. The highest BCUT2D eigenvalue weighted by molar-refractivity contribution is 5.74. The lowest BCUT2D eigenvalue weighted by Gasteiger charge is -2.21. The summed E-state index contributed by atoms with van der Waals surface area (Å²) in [5.74, 6) is 0.236. The van der Waals surface area contributed by atoms with E-state index in [4.69, 9.17) is 4.84 Å². The van der Waals surface area contributed by atoms with E-state index in [1.165, 1.54) is 5.56 Å². The molecule has 0 aromatic heterocycles. The molecule has 2 atom stereocenters. The second-order valence-corrected chi connectivity index (χ2v) is 4.95. The lowest BCUT2D eigenvalue weighted by molar-refractivity contribution is -0.179. The molecule has 0 bridgehead atoms. The lowest BCUT2D eigenvalue weighted by Crippen LogP contribution is -2.24. The summed E-state index contributed by atoms with van der Waals surface area (Å²) >= 11 is 0. The number of carbonyl (C=O) groups is 1. The fraction of sp³-hybridized carbons (Fsp3) is 0.500. The van der Waals surface area contributed by atoms with Gasteiger partial charge in [-0.2, -0.15) is 0 Å². The molecule has 1 aliphatic rings. The summed E-state index contributed by atoms with van der Waals surface area (Å²) in [6, 6.07) is 10.2. The SMILES string of the molecule is CC(C)[C@@H]1CN([C@@H](C)c2ccccc2)OC1=O. The zero-order valence-corrected chi connectivity index (χ0v) is 10.6. The molecule has 1 saturated heterocycles. The minimum atomic E-state index is -0.0946. The lowest BCUT2D eigenvalue weighted by atomic mass is 9.96. The number of hydrogen-bond donors (Lipinski definition) is 0.